The molecule has 5 nitrogen and oxygen atoms in total. The largest absolute Gasteiger partial charge is 0.484 e. The fourth-order valence-corrected chi connectivity index (χ4v) is 3.70. The summed E-state index contributed by atoms with van der Waals surface area (Å²) in [5.74, 6) is 1.53. The van der Waals surface area contributed by atoms with E-state index >= 15 is 0 Å². The number of carbonyl (C=O) groups excluding carboxylic acids is 1. The molecule has 0 radical (unpaired) electrons. The number of rotatable bonds is 7. The first kappa shape index (κ1) is 21.6. The van der Waals surface area contributed by atoms with Gasteiger partial charge < -0.3 is 14.5 Å². The van der Waals surface area contributed by atoms with E-state index in [1.54, 1.807) is 6.07 Å². The number of benzene rings is 3. The van der Waals surface area contributed by atoms with E-state index in [9.17, 15) is 4.79 Å². The lowest BCUT2D eigenvalue weighted by atomic mass is 9.99. The number of hydrogen-bond donors (Lipinski definition) is 1. The highest BCUT2D eigenvalue weighted by Gasteiger charge is 2.11. The standard InChI is InChI=1S/C27H28N2O3/c1-5-19(4)20-6-9-23(10-7-20)31-16-26(30)28-22-8-11-25-24(15-22)29-27(32-25)21-13-17(2)12-18(3)14-21/h6-15,19H,5,16H2,1-4H3,(H,28,30)/t19-/m1/s1. The summed E-state index contributed by atoms with van der Waals surface area (Å²) in [6, 6.07) is 19.6. The number of nitrogens with one attached hydrogen (secondary N) is 1. The third-order valence-corrected chi connectivity index (χ3v) is 5.57. The molecule has 4 aromatic rings. The van der Waals surface area contributed by atoms with E-state index in [1.807, 2.05) is 48.5 Å². The highest BCUT2D eigenvalue weighted by Crippen LogP contribution is 2.27. The number of nitrogens with zero attached hydrogens (tertiary/aromatic N) is 1. The van der Waals surface area contributed by atoms with Crippen LogP contribution >= 0.6 is 0 Å². The molecule has 0 bridgehead atoms. The van der Waals surface area contributed by atoms with Crippen LogP contribution in [0.15, 0.2) is 65.1 Å². The summed E-state index contributed by atoms with van der Waals surface area (Å²) < 4.78 is 11.5. The molecule has 0 aliphatic heterocycles. The Hall–Kier alpha value is -3.60. The van der Waals surface area contributed by atoms with Crippen molar-refractivity contribution in [1.82, 2.24) is 4.98 Å². The number of oxazole rings is 1. The summed E-state index contributed by atoms with van der Waals surface area (Å²) in [6.07, 6.45) is 1.09. The number of aromatic nitrogens is 1. The first-order valence-corrected chi connectivity index (χ1v) is 10.9. The van der Waals surface area contributed by atoms with Gasteiger partial charge in [0.1, 0.15) is 11.3 Å². The number of carbonyl (C=O) groups is 1. The van der Waals surface area contributed by atoms with Crippen molar-refractivity contribution in [2.24, 2.45) is 0 Å². The highest BCUT2D eigenvalue weighted by molar-refractivity contribution is 5.94. The monoisotopic (exact) mass is 428 g/mol. The van der Waals surface area contributed by atoms with Crippen molar-refractivity contribution < 1.29 is 13.9 Å². The van der Waals surface area contributed by atoms with Gasteiger partial charge >= 0.3 is 0 Å². The van der Waals surface area contributed by atoms with Crippen molar-refractivity contribution in [3.8, 4) is 17.2 Å². The molecule has 5 heteroatoms. The van der Waals surface area contributed by atoms with Crippen LogP contribution in [-0.4, -0.2) is 17.5 Å². The van der Waals surface area contributed by atoms with E-state index < -0.39 is 0 Å². The van der Waals surface area contributed by atoms with Crippen LogP contribution in [0, 0.1) is 13.8 Å². The number of fused-ring (bicyclic) bond motifs is 1. The molecule has 1 aromatic heterocycles. The van der Waals surface area contributed by atoms with Crippen LogP contribution in [0.3, 0.4) is 0 Å². The Labute approximate surface area is 188 Å². The van der Waals surface area contributed by atoms with Crippen LogP contribution in [0.25, 0.3) is 22.6 Å². The van der Waals surface area contributed by atoms with Gasteiger partial charge in [-0.3, -0.25) is 4.79 Å². The van der Waals surface area contributed by atoms with Crippen molar-refractivity contribution in [1.29, 1.82) is 0 Å². The SMILES string of the molecule is CC[C@@H](C)c1ccc(OCC(=O)Nc2ccc3oc(-c4cc(C)cc(C)c4)nc3c2)cc1. The lowest BCUT2D eigenvalue weighted by molar-refractivity contribution is -0.118. The first-order valence-electron chi connectivity index (χ1n) is 10.9. The average molecular weight is 429 g/mol. The minimum absolute atomic E-state index is 0.0622. The van der Waals surface area contributed by atoms with Crippen LogP contribution in [0.5, 0.6) is 5.75 Å². The van der Waals surface area contributed by atoms with Crippen LogP contribution in [0.1, 0.15) is 42.9 Å². The molecule has 1 amide bonds. The molecular formula is C27H28N2O3. The number of aryl methyl sites for hydroxylation is 2. The molecule has 1 atom stereocenters. The molecule has 32 heavy (non-hydrogen) atoms. The second-order valence-corrected chi connectivity index (χ2v) is 8.29. The number of amides is 1. The smallest absolute Gasteiger partial charge is 0.262 e. The van der Waals surface area contributed by atoms with E-state index in [4.69, 9.17) is 9.15 Å². The third kappa shape index (κ3) is 4.99. The number of anilines is 1. The first-order chi connectivity index (χ1) is 15.4. The third-order valence-electron chi connectivity index (χ3n) is 5.57. The summed E-state index contributed by atoms with van der Waals surface area (Å²) in [7, 11) is 0. The van der Waals surface area contributed by atoms with Crippen LogP contribution < -0.4 is 10.1 Å². The van der Waals surface area contributed by atoms with Gasteiger partial charge in [-0.2, -0.15) is 0 Å². The summed E-state index contributed by atoms with van der Waals surface area (Å²) in [6.45, 7) is 8.40. The van der Waals surface area contributed by atoms with Crippen molar-refractivity contribution in [3.63, 3.8) is 0 Å². The summed E-state index contributed by atoms with van der Waals surface area (Å²) >= 11 is 0. The zero-order valence-electron chi connectivity index (χ0n) is 18.9. The molecule has 3 aromatic carbocycles. The molecular weight excluding hydrogens is 400 g/mol. The Bertz CT molecular complexity index is 1220. The van der Waals surface area contributed by atoms with Gasteiger partial charge in [-0.15, -0.1) is 0 Å². The highest BCUT2D eigenvalue weighted by atomic mass is 16.5. The van der Waals surface area contributed by atoms with Gasteiger partial charge in [0.05, 0.1) is 0 Å². The average Bonchev–Trinajstić information content (AvgIpc) is 3.20. The Morgan fingerprint density at radius 1 is 1.03 bits per heavy atom. The molecule has 164 valence electrons. The number of hydrogen-bond acceptors (Lipinski definition) is 4. The molecule has 1 heterocycles. The van der Waals surface area contributed by atoms with Crippen molar-refractivity contribution in [2.45, 2.75) is 40.0 Å². The fourth-order valence-electron chi connectivity index (χ4n) is 3.70. The van der Waals surface area contributed by atoms with Crippen LogP contribution in [0.2, 0.25) is 0 Å². The van der Waals surface area contributed by atoms with E-state index in [1.165, 1.54) is 5.56 Å². The molecule has 0 aliphatic rings. The molecule has 0 saturated carbocycles. The maximum atomic E-state index is 12.4. The maximum absolute atomic E-state index is 12.4. The summed E-state index contributed by atoms with van der Waals surface area (Å²) in [5, 5.41) is 2.86. The Kier molecular flexibility index (Phi) is 6.26. The molecule has 1 N–H and O–H groups in total. The van der Waals surface area contributed by atoms with Crippen molar-refractivity contribution in [3.05, 3.63) is 77.4 Å². The summed E-state index contributed by atoms with van der Waals surface area (Å²) in [5.41, 5.74) is 6.55. The Balaban J connectivity index is 1.41. The van der Waals surface area contributed by atoms with Crippen molar-refractivity contribution >= 4 is 22.7 Å². The predicted octanol–water partition coefficient (Wildman–Crippen LogP) is 6.64. The fraction of sp³-hybridized carbons (Fsp3) is 0.259. The van der Waals surface area contributed by atoms with Gasteiger partial charge in [0.15, 0.2) is 12.2 Å². The van der Waals surface area contributed by atoms with Crippen LogP contribution in [-0.2, 0) is 4.79 Å². The van der Waals surface area contributed by atoms with E-state index in [0.717, 1.165) is 23.1 Å². The Morgan fingerprint density at radius 3 is 2.44 bits per heavy atom. The van der Waals surface area contributed by atoms with Gasteiger partial charge in [0.2, 0.25) is 5.89 Å². The molecule has 0 fully saturated rings. The second kappa shape index (κ2) is 9.27. The topological polar surface area (TPSA) is 64.4 Å². The minimum atomic E-state index is -0.228. The van der Waals surface area contributed by atoms with Gasteiger partial charge in [-0.25, -0.2) is 4.98 Å². The van der Waals surface area contributed by atoms with Gasteiger partial charge in [-0.05, 0) is 74.2 Å². The molecule has 0 saturated heterocycles. The van der Waals surface area contributed by atoms with E-state index in [0.29, 0.717) is 34.3 Å². The number of ether oxygens (including phenoxy) is 1. The predicted molar refractivity (Wildman–Crippen MR) is 128 cm³/mol. The van der Waals surface area contributed by atoms with E-state index in [-0.39, 0.29) is 12.5 Å². The zero-order chi connectivity index (χ0) is 22.7. The van der Waals surface area contributed by atoms with Gasteiger partial charge in [0, 0.05) is 11.3 Å². The zero-order valence-corrected chi connectivity index (χ0v) is 18.9. The summed E-state index contributed by atoms with van der Waals surface area (Å²) in [4.78, 5) is 17.0. The maximum Gasteiger partial charge on any atom is 0.262 e. The molecule has 0 aliphatic carbocycles. The van der Waals surface area contributed by atoms with Crippen LogP contribution in [0.4, 0.5) is 5.69 Å². The van der Waals surface area contributed by atoms with E-state index in [2.05, 4.69) is 44.1 Å². The normalized spacial score (nSPS) is 12.0. The second-order valence-electron chi connectivity index (χ2n) is 8.29. The minimum Gasteiger partial charge on any atom is -0.484 e. The lowest BCUT2D eigenvalue weighted by Gasteiger charge is -2.11. The Morgan fingerprint density at radius 2 is 1.75 bits per heavy atom. The van der Waals surface area contributed by atoms with Crippen molar-refractivity contribution in [2.75, 3.05) is 11.9 Å². The molecule has 4 rings (SSSR count). The quantitative estimate of drug-likeness (QED) is 0.358. The van der Waals surface area contributed by atoms with Gasteiger partial charge in [-0.1, -0.05) is 43.2 Å². The lowest BCUT2D eigenvalue weighted by Crippen LogP contribution is -2.20. The molecule has 0 unspecified atom stereocenters. The van der Waals surface area contributed by atoms with Gasteiger partial charge in [0.25, 0.3) is 5.91 Å². The molecule has 0 spiro atoms.